The fraction of sp³-hybridized carbons (Fsp3) is 0.667. The fourth-order valence-corrected chi connectivity index (χ4v) is 5.62. The Kier molecular flexibility index (Phi) is 5.48. The van der Waals surface area contributed by atoms with E-state index in [0.717, 1.165) is 12.0 Å². The second-order valence-electron chi connectivity index (χ2n) is 9.52. The number of rotatable bonds is 4. The smallest absolute Gasteiger partial charge is 0.243 e. The Balaban J connectivity index is 1.35. The minimum atomic E-state index is -3.54. The van der Waals surface area contributed by atoms with Crippen LogP contribution in [0.4, 0.5) is 0 Å². The lowest BCUT2D eigenvalue weighted by atomic mass is 9.87. The number of nitrogens with one attached hydrogen (secondary N) is 2. The minimum absolute atomic E-state index is 0.0179. The largest absolute Gasteiger partial charge is 0.339 e. The zero-order valence-corrected chi connectivity index (χ0v) is 18.3. The molecule has 0 radical (unpaired) electrons. The van der Waals surface area contributed by atoms with Crippen LogP contribution in [-0.4, -0.2) is 61.8 Å². The van der Waals surface area contributed by atoms with Crippen LogP contribution >= 0.6 is 0 Å². The van der Waals surface area contributed by atoms with Crippen LogP contribution in [0.3, 0.4) is 0 Å². The van der Waals surface area contributed by atoms with Gasteiger partial charge in [-0.1, -0.05) is 32.9 Å². The summed E-state index contributed by atoms with van der Waals surface area (Å²) in [5.41, 5.74) is 7.48. The molecular formula is C21H32N4O3S. The van der Waals surface area contributed by atoms with Crippen molar-refractivity contribution in [2.24, 2.45) is 5.92 Å². The third-order valence-electron chi connectivity index (χ3n) is 6.33. The van der Waals surface area contributed by atoms with Gasteiger partial charge in [-0.05, 0) is 48.3 Å². The van der Waals surface area contributed by atoms with Gasteiger partial charge in [0.15, 0.2) is 0 Å². The molecule has 7 nitrogen and oxygen atoms in total. The second-order valence-corrected chi connectivity index (χ2v) is 11.5. The number of sulfonamides is 1. The number of amides is 1. The number of hydrazine groups is 1. The van der Waals surface area contributed by atoms with Crippen LogP contribution in [0.5, 0.6) is 0 Å². The highest BCUT2D eigenvalue weighted by Crippen LogP contribution is 2.35. The highest BCUT2D eigenvalue weighted by molar-refractivity contribution is 7.89. The quantitative estimate of drug-likeness (QED) is 0.771. The lowest BCUT2D eigenvalue weighted by Gasteiger charge is -2.35. The monoisotopic (exact) mass is 420 g/mol. The first-order valence-electron chi connectivity index (χ1n) is 10.6. The lowest BCUT2D eigenvalue weighted by molar-refractivity contribution is -0.134. The molecule has 160 valence electrons. The average molecular weight is 421 g/mol. The number of benzene rings is 1. The molecule has 2 atom stereocenters. The summed E-state index contributed by atoms with van der Waals surface area (Å²) in [4.78, 5) is 14.9. The molecule has 4 rings (SSSR count). The molecule has 1 aliphatic carbocycles. The Hall–Kier alpha value is -1.48. The Labute approximate surface area is 173 Å². The molecule has 2 unspecified atom stereocenters. The topological polar surface area (TPSA) is 81.8 Å². The molecule has 3 aliphatic rings. The van der Waals surface area contributed by atoms with Gasteiger partial charge in [0, 0.05) is 32.2 Å². The average Bonchev–Trinajstić information content (AvgIpc) is 3.44. The highest BCUT2D eigenvalue weighted by Gasteiger charge is 2.41. The van der Waals surface area contributed by atoms with Crippen molar-refractivity contribution >= 4 is 15.9 Å². The number of nitrogens with zero attached hydrogens (tertiary/aromatic N) is 2. The van der Waals surface area contributed by atoms with Gasteiger partial charge in [-0.25, -0.2) is 13.8 Å². The number of hydrogen-bond acceptors (Lipinski definition) is 5. The van der Waals surface area contributed by atoms with E-state index in [4.69, 9.17) is 0 Å². The predicted octanol–water partition coefficient (Wildman–Crippen LogP) is 1.46. The van der Waals surface area contributed by atoms with Crippen molar-refractivity contribution in [3.63, 3.8) is 0 Å². The van der Waals surface area contributed by atoms with Crippen LogP contribution in [0.1, 0.15) is 45.6 Å². The Bertz CT molecular complexity index is 851. The summed E-state index contributed by atoms with van der Waals surface area (Å²) in [5, 5.41) is 0. The van der Waals surface area contributed by atoms with E-state index in [-0.39, 0.29) is 17.4 Å². The zero-order valence-electron chi connectivity index (χ0n) is 17.5. The van der Waals surface area contributed by atoms with Gasteiger partial charge in [0.25, 0.3) is 0 Å². The van der Waals surface area contributed by atoms with Gasteiger partial charge >= 0.3 is 0 Å². The first kappa shape index (κ1) is 20.8. The number of carbonyl (C=O) groups excluding carboxylic acids is 1. The minimum Gasteiger partial charge on any atom is -0.339 e. The Morgan fingerprint density at radius 1 is 1.00 bits per heavy atom. The molecule has 2 saturated heterocycles. The van der Waals surface area contributed by atoms with Crippen LogP contribution in [-0.2, 0) is 20.2 Å². The summed E-state index contributed by atoms with van der Waals surface area (Å²) in [6, 6.07) is 7.36. The summed E-state index contributed by atoms with van der Waals surface area (Å²) in [6.45, 7) is 7.86. The van der Waals surface area contributed by atoms with Gasteiger partial charge in [-0.15, -0.1) is 0 Å². The van der Waals surface area contributed by atoms with Crippen molar-refractivity contribution in [1.29, 1.82) is 0 Å². The van der Waals surface area contributed by atoms with Crippen LogP contribution in [0.15, 0.2) is 29.2 Å². The van der Waals surface area contributed by atoms with Gasteiger partial charge in [0.05, 0.1) is 4.90 Å². The summed E-state index contributed by atoms with van der Waals surface area (Å²) < 4.78 is 27.5. The van der Waals surface area contributed by atoms with E-state index in [1.54, 1.807) is 17.0 Å². The summed E-state index contributed by atoms with van der Waals surface area (Å²) in [5.74, 6) is 0.777. The van der Waals surface area contributed by atoms with Crippen molar-refractivity contribution in [1.82, 2.24) is 20.1 Å². The number of piperazine rings is 1. The van der Waals surface area contributed by atoms with Crippen LogP contribution in [0.2, 0.25) is 0 Å². The van der Waals surface area contributed by atoms with Gasteiger partial charge < -0.3 is 4.90 Å². The first-order valence-corrected chi connectivity index (χ1v) is 12.0. The highest BCUT2D eigenvalue weighted by atomic mass is 32.2. The molecule has 0 bridgehead atoms. The van der Waals surface area contributed by atoms with Gasteiger partial charge in [-0.3, -0.25) is 10.2 Å². The third kappa shape index (κ3) is 4.35. The van der Waals surface area contributed by atoms with Crippen LogP contribution in [0.25, 0.3) is 0 Å². The van der Waals surface area contributed by atoms with E-state index in [0.29, 0.717) is 43.0 Å². The van der Waals surface area contributed by atoms with E-state index >= 15 is 0 Å². The molecular weight excluding hydrogens is 388 g/mol. The summed E-state index contributed by atoms with van der Waals surface area (Å²) in [6.07, 6.45) is 3.31. The maximum Gasteiger partial charge on any atom is 0.243 e. The van der Waals surface area contributed by atoms with E-state index < -0.39 is 10.0 Å². The normalized spacial score (nSPS) is 26.7. The molecule has 0 aromatic heterocycles. The molecule has 2 aliphatic heterocycles. The molecule has 0 spiro atoms. The van der Waals surface area contributed by atoms with Crippen LogP contribution in [0, 0.1) is 5.92 Å². The first-order chi connectivity index (χ1) is 13.7. The zero-order chi connectivity index (χ0) is 20.8. The molecule has 3 fully saturated rings. The summed E-state index contributed by atoms with van der Waals surface area (Å²) in [7, 11) is -3.54. The van der Waals surface area contributed by atoms with Crippen molar-refractivity contribution in [3.05, 3.63) is 29.8 Å². The van der Waals surface area contributed by atoms with Gasteiger partial charge in [-0.2, -0.15) is 4.31 Å². The standard InChI is InChI=1S/C21H32N4O3S/c1-21(2,3)16-6-8-17(9-7-16)29(27,28)25-12-10-24(11-13-25)20(26)19-14-18(22-23-19)15-4-5-15/h6-9,15,18-19,22-23H,4-5,10-14H2,1-3H3. The SMILES string of the molecule is CC(C)(C)c1ccc(S(=O)(=O)N2CCN(C(=O)C3CC(C4CC4)NN3)CC2)cc1. The molecule has 1 aromatic carbocycles. The van der Waals surface area contributed by atoms with E-state index in [1.807, 2.05) is 12.1 Å². The van der Waals surface area contributed by atoms with Gasteiger partial charge in [0.2, 0.25) is 15.9 Å². The van der Waals surface area contributed by atoms with Crippen molar-refractivity contribution in [2.75, 3.05) is 26.2 Å². The van der Waals surface area contributed by atoms with E-state index in [1.165, 1.54) is 17.1 Å². The molecule has 8 heteroatoms. The summed E-state index contributed by atoms with van der Waals surface area (Å²) >= 11 is 0. The predicted molar refractivity (Wildman–Crippen MR) is 112 cm³/mol. The maximum absolute atomic E-state index is 13.0. The van der Waals surface area contributed by atoms with E-state index in [9.17, 15) is 13.2 Å². The number of hydrogen-bond donors (Lipinski definition) is 2. The molecule has 1 amide bonds. The van der Waals surface area contributed by atoms with E-state index in [2.05, 4.69) is 31.6 Å². The lowest BCUT2D eigenvalue weighted by Crippen LogP contribution is -2.54. The van der Waals surface area contributed by atoms with Crippen molar-refractivity contribution in [3.8, 4) is 0 Å². The molecule has 2 N–H and O–H groups in total. The third-order valence-corrected chi connectivity index (χ3v) is 8.24. The Morgan fingerprint density at radius 2 is 1.62 bits per heavy atom. The fourth-order valence-electron chi connectivity index (χ4n) is 4.20. The molecule has 2 heterocycles. The molecule has 29 heavy (non-hydrogen) atoms. The van der Waals surface area contributed by atoms with Gasteiger partial charge in [0.1, 0.15) is 6.04 Å². The number of carbonyl (C=O) groups is 1. The maximum atomic E-state index is 13.0. The molecule has 1 aromatic rings. The molecule has 1 saturated carbocycles. The van der Waals surface area contributed by atoms with Crippen LogP contribution < -0.4 is 10.9 Å². The second kappa shape index (κ2) is 7.65. The Morgan fingerprint density at radius 3 is 2.17 bits per heavy atom. The van der Waals surface area contributed by atoms with Crippen molar-refractivity contribution < 1.29 is 13.2 Å². The van der Waals surface area contributed by atoms with Crippen molar-refractivity contribution in [2.45, 2.75) is 62.4 Å².